The zero-order chi connectivity index (χ0) is 14.8. The maximum absolute atomic E-state index is 12.3. The van der Waals surface area contributed by atoms with Gasteiger partial charge in [0, 0.05) is 29.4 Å². The first-order chi connectivity index (χ1) is 10.1. The molecular weight excluding hydrogens is 284 g/mol. The molecule has 3 heterocycles. The molecule has 0 aliphatic carbocycles. The topological polar surface area (TPSA) is 58.1 Å². The first kappa shape index (κ1) is 14.0. The summed E-state index contributed by atoms with van der Waals surface area (Å²) in [5, 5.41) is 5.13. The van der Waals surface area contributed by atoms with Gasteiger partial charge < -0.3 is 10.2 Å². The third-order valence-corrected chi connectivity index (χ3v) is 4.56. The highest BCUT2D eigenvalue weighted by molar-refractivity contribution is 7.10. The van der Waals surface area contributed by atoms with Crippen LogP contribution in [0.25, 0.3) is 0 Å². The molecule has 0 fully saturated rings. The van der Waals surface area contributed by atoms with Crippen LogP contribution >= 0.6 is 11.3 Å². The van der Waals surface area contributed by atoms with Gasteiger partial charge in [0.05, 0.1) is 6.54 Å². The lowest BCUT2D eigenvalue weighted by Crippen LogP contribution is -2.39. The number of anilines is 1. The van der Waals surface area contributed by atoms with E-state index in [2.05, 4.69) is 26.7 Å². The molecule has 0 atom stereocenters. The van der Waals surface area contributed by atoms with Crippen molar-refractivity contribution in [3.63, 3.8) is 0 Å². The van der Waals surface area contributed by atoms with Gasteiger partial charge in [-0.2, -0.15) is 0 Å². The Labute approximate surface area is 128 Å². The minimum atomic E-state index is 0.0922. The maximum Gasteiger partial charge on any atom is 0.242 e. The highest BCUT2D eigenvalue weighted by Crippen LogP contribution is 2.23. The molecule has 0 unspecified atom stereocenters. The molecule has 21 heavy (non-hydrogen) atoms. The smallest absolute Gasteiger partial charge is 0.242 e. The predicted molar refractivity (Wildman–Crippen MR) is 83.4 cm³/mol. The van der Waals surface area contributed by atoms with Gasteiger partial charge in [-0.05, 0) is 43.3 Å². The number of aryl methyl sites for hydroxylation is 2. The molecule has 0 saturated carbocycles. The Bertz CT molecular complexity index is 647. The number of hydrogen-bond acceptors (Lipinski definition) is 5. The van der Waals surface area contributed by atoms with Crippen LogP contribution in [0.1, 0.15) is 21.8 Å². The maximum atomic E-state index is 12.3. The zero-order valence-corrected chi connectivity index (χ0v) is 13.0. The molecule has 3 rings (SSSR count). The molecule has 0 bridgehead atoms. The van der Waals surface area contributed by atoms with E-state index in [4.69, 9.17) is 0 Å². The van der Waals surface area contributed by atoms with Crippen molar-refractivity contribution < 1.29 is 4.79 Å². The van der Waals surface area contributed by atoms with Gasteiger partial charge in [-0.3, -0.25) is 4.79 Å². The van der Waals surface area contributed by atoms with E-state index in [9.17, 15) is 4.79 Å². The Kier molecular flexibility index (Phi) is 3.88. The van der Waals surface area contributed by atoms with E-state index in [1.807, 2.05) is 24.8 Å². The molecule has 0 saturated heterocycles. The summed E-state index contributed by atoms with van der Waals surface area (Å²) >= 11 is 1.78. The van der Waals surface area contributed by atoms with Crippen LogP contribution < -0.4 is 5.32 Å². The average Bonchev–Trinajstić information content (AvgIpc) is 2.91. The highest BCUT2D eigenvalue weighted by Gasteiger charge is 2.21. The van der Waals surface area contributed by atoms with Gasteiger partial charge in [0.1, 0.15) is 0 Å². The fourth-order valence-corrected chi connectivity index (χ4v) is 3.42. The summed E-state index contributed by atoms with van der Waals surface area (Å²) in [7, 11) is 0. The lowest BCUT2D eigenvalue weighted by atomic mass is 10.1. The Balaban J connectivity index is 1.60. The van der Waals surface area contributed by atoms with E-state index in [-0.39, 0.29) is 12.5 Å². The van der Waals surface area contributed by atoms with Gasteiger partial charge >= 0.3 is 0 Å². The van der Waals surface area contributed by atoms with E-state index in [1.165, 1.54) is 10.4 Å². The van der Waals surface area contributed by atoms with Gasteiger partial charge in [0.15, 0.2) is 0 Å². The van der Waals surface area contributed by atoms with Crippen molar-refractivity contribution in [3.05, 3.63) is 39.3 Å². The number of thiophene rings is 1. The average molecular weight is 302 g/mol. The summed E-state index contributed by atoms with van der Waals surface area (Å²) in [6, 6.07) is 4.02. The van der Waals surface area contributed by atoms with Crippen molar-refractivity contribution in [3.8, 4) is 0 Å². The van der Waals surface area contributed by atoms with E-state index in [1.54, 1.807) is 11.3 Å². The summed E-state index contributed by atoms with van der Waals surface area (Å²) in [6.07, 6.45) is 0.957. The van der Waals surface area contributed by atoms with Crippen molar-refractivity contribution in [2.75, 3.05) is 18.4 Å². The van der Waals surface area contributed by atoms with Crippen LogP contribution in [0, 0.1) is 13.8 Å². The molecule has 2 aromatic heterocycles. The number of carbonyl (C=O) groups is 1. The van der Waals surface area contributed by atoms with Gasteiger partial charge in [-0.15, -0.1) is 11.3 Å². The first-order valence-corrected chi connectivity index (χ1v) is 7.89. The van der Waals surface area contributed by atoms with Crippen LogP contribution in [0.5, 0.6) is 0 Å². The van der Waals surface area contributed by atoms with E-state index < -0.39 is 0 Å². The van der Waals surface area contributed by atoms with Gasteiger partial charge in [0.25, 0.3) is 0 Å². The Morgan fingerprint density at radius 2 is 2.14 bits per heavy atom. The summed E-state index contributed by atoms with van der Waals surface area (Å²) in [5.74, 6) is 0.615. The molecule has 1 N–H and O–H groups in total. The molecular formula is C15H18N4OS. The fraction of sp³-hybridized carbons (Fsp3) is 0.400. The minimum Gasteiger partial charge on any atom is -0.345 e. The molecule has 6 heteroatoms. The summed E-state index contributed by atoms with van der Waals surface area (Å²) in [5.41, 5.74) is 3.08. The van der Waals surface area contributed by atoms with Crippen LogP contribution in [-0.2, 0) is 17.8 Å². The minimum absolute atomic E-state index is 0.0922. The first-order valence-electron chi connectivity index (χ1n) is 7.01. The van der Waals surface area contributed by atoms with Crippen molar-refractivity contribution >= 4 is 23.2 Å². The van der Waals surface area contributed by atoms with Crippen LogP contribution in [0.3, 0.4) is 0 Å². The van der Waals surface area contributed by atoms with Gasteiger partial charge in [0.2, 0.25) is 11.9 Å². The molecule has 1 amide bonds. The molecule has 1 aliphatic rings. The molecule has 1 aliphatic heterocycles. The van der Waals surface area contributed by atoms with Crippen LogP contribution in [0.4, 0.5) is 5.95 Å². The number of amides is 1. The fourth-order valence-electron chi connectivity index (χ4n) is 2.53. The van der Waals surface area contributed by atoms with Gasteiger partial charge in [-0.1, -0.05) is 0 Å². The van der Waals surface area contributed by atoms with Crippen molar-refractivity contribution in [1.82, 2.24) is 14.9 Å². The molecule has 110 valence electrons. The zero-order valence-electron chi connectivity index (χ0n) is 12.2. The molecule has 0 spiro atoms. The molecule has 0 radical (unpaired) electrons. The van der Waals surface area contributed by atoms with Crippen LogP contribution in [0.15, 0.2) is 17.5 Å². The number of rotatable bonds is 3. The Morgan fingerprint density at radius 3 is 2.90 bits per heavy atom. The molecule has 0 aromatic carbocycles. The summed E-state index contributed by atoms with van der Waals surface area (Å²) < 4.78 is 0. The SMILES string of the molecule is Cc1cc(C)nc(NCC(=O)N2CCc3sccc3C2)n1. The number of carbonyl (C=O) groups excluding carboxylic acids is 1. The quantitative estimate of drug-likeness (QED) is 0.944. The van der Waals surface area contributed by atoms with Crippen molar-refractivity contribution in [2.24, 2.45) is 0 Å². The second-order valence-corrected chi connectivity index (χ2v) is 6.26. The second kappa shape index (κ2) is 5.81. The van der Waals surface area contributed by atoms with Crippen LogP contribution in [0.2, 0.25) is 0 Å². The van der Waals surface area contributed by atoms with Gasteiger partial charge in [-0.25, -0.2) is 9.97 Å². The highest BCUT2D eigenvalue weighted by atomic mass is 32.1. The number of aromatic nitrogens is 2. The summed E-state index contributed by atoms with van der Waals surface area (Å²) in [6.45, 7) is 5.59. The third-order valence-electron chi connectivity index (χ3n) is 3.54. The monoisotopic (exact) mass is 302 g/mol. The van der Waals surface area contributed by atoms with E-state index in [0.717, 1.165) is 24.4 Å². The lowest BCUT2D eigenvalue weighted by Gasteiger charge is -2.27. The third kappa shape index (κ3) is 3.21. The number of fused-ring (bicyclic) bond motifs is 1. The number of nitrogens with zero attached hydrogens (tertiary/aromatic N) is 3. The Hall–Kier alpha value is -1.95. The van der Waals surface area contributed by atoms with Crippen molar-refractivity contribution in [1.29, 1.82) is 0 Å². The van der Waals surface area contributed by atoms with Crippen LogP contribution in [-0.4, -0.2) is 33.9 Å². The van der Waals surface area contributed by atoms with E-state index >= 15 is 0 Å². The Morgan fingerprint density at radius 1 is 1.38 bits per heavy atom. The van der Waals surface area contributed by atoms with E-state index in [0.29, 0.717) is 12.5 Å². The normalized spacial score (nSPS) is 13.9. The number of hydrogen-bond donors (Lipinski definition) is 1. The predicted octanol–water partition coefficient (Wildman–Crippen LogP) is 2.15. The lowest BCUT2D eigenvalue weighted by molar-refractivity contribution is -0.130. The number of nitrogens with one attached hydrogen (secondary N) is 1. The summed E-state index contributed by atoms with van der Waals surface area (Å²) in [4.78, 5) is 24.2. The largest absolute Gasteiger partial charge is 0.345 e. The standard InChI is InChI=1S/C15H18N4OS/c1-10-7-11(2)18-15(17-10)16-8-14(20)19-5-3-13-12(9-19)4-6-21-13/h4,6-7H,3,5,8-9H2,1-2H3,(H,16,17,18). The molecule has 2 aromatic rings. The van der Waals surface area contributed by atoms with Crippen molar-refractivity contribution in [2.45, 2.75) is 26.8 Å². The molecule has 5 nitrogen and oxygen atoms in total. The second-order valence-electron chi connectivity index (χ2n) is 5.26.